The van der Waals surface area contributed by atoms with Gasteiger partial charge in [-0.05, 0) is 18.9 Å². The molecule has 0 saturated carbocycles. The number of hydrogen-bond donors (Lipinski definition) is 0. The van der Waals surface area contributed by atoms with E-state index in [1.807, 2.05) is 13.8 Å². The number of rotatable bonds is 6. The van der Waals surface area contributed by atoms with Crippen LogP contribution in [0.15, 0.2) is 12.2 Å². The molecule has 0 saturated heterocycles. The average Bonchev–Trinajstić information content (AvgIpc) is 1.81. The summed E-state index contributed by atoms with van der Waals surface area (Å²) in [4.78, 5) is 0. The summed E-state index contributed by atoms with van der Waals surface area (Å²) in [5, 5.41) is 0. The first-order valence-electron chi connectivity index (χ1n) is 4.10. The zero-order valence-corrected chi connectivity index (χ0v) is 11.2. The van der Waals surface area contributed by atoms with Gasteiger partial charge in [0, 0.05) is 6.61 Å². The lowest BCUT2D eigenvalue weighted by Crippen LogP contribution is -2.18. The van der Waals surface area contributed by atoms with Crippen LogP contribution in [0.1, 0.15) is 13.8 Å². The van der Waals surface area contributed by atoms with Crippen molar-refractivity contribution >= 4 is 39.2 Å². The van der Waals surface area contributed by atoms with Gasteiger partial charge < -0.3 is 4.74 Å². The second-order valence-electron chi connectivity index (χ2n) is 3.40. The quantitative estimate of drug-likeness (QED) is 0.401. The van der Waals surface area contributed by atoms with Crippen LogP contribution in [-0.4, -0.2) is 19.2 Å². The minimum Gasteiger partial charge on any atom is -0.377 e. The Hall–Kier alpha value is 0.787. The number of hydrogen-bond acceptors (Lipinski definition) is 1. The molecule has 0 aromatic carbocycles. The monoisotopic (exact) mass is 260 g/mol. The first kappa shape index (κ1) is 13.8. The maximum atomic E-state index is 5.77. The van der Waals surface area contributed by atoms with E-state index in [2.05, 4.69) is 6.58 Å². The zero-order valence-electron chi connectivity index (χ0n) is 7.95. The highest BCUT2D eigenvalue weighted by Crippen LogP contribution is 2.29. The van der Waals surface area contributed by atoms with Crippen molar-refractivity contribution in [1.82, 2.24) is 0 Å². The summed E-state index contributed by atoms with van der Waals surface area (Å²) >= 11 is 17.3. The lowest BCUT2D eigenvalue weighted by Gasteiger charge is -2.15. The van der Waals surface area contributed by atoms with Crippen LogP contribution in [0.25, 0.3) is 0 Å². The van der Waals surface area contributed by atoms with Crippen LogP contribution >= 0.6 is 33.2 Å². The molecule has 0 N–H and O–H groups in total. The molecule has 0 amide bonds. The van der Waals surface area contributed by atoms with E-state index in [4.69, 9.17) is 38.0 Å². The molecule has 0 spiro atoms. The van der Waals surface area contributed by atoms with Crippen molar-refractivity contribution in [2.45, 2.75) is 19.9 Å². The first-order chi connectivity index (χ1) is 5.81. The van der Waals surface area contributed by atoms with Gasteiger partial charge in [-0.15, -0.1) is 33.2 Å². The third-order valence-corrected chi connectivity index (χ3v) is 3.88. The maximum Gasteiger partial charge on any atom is 0.341 e. The standard InChI is InChI=1S/C8H15Cl3OSi/c1-7(2)4-12-5-8(3)6-13(9,10)11/h8H,1,4-6H2,2-3H3. The minimum atomic E-state index is -2.48. The van der Waals surface area contributed by atoms with Gasteiger partial charge in [-0.3, -0.25) is 0 Å². The van der Waals surface area contributed by atoms with Crippen LogP contribution in [0.3, 0.4) is 0 Å². The van der Waals surface area contributed by atoms with Gasteiger partial charge in [0.1, 0.15) is 0 Å². The van der Waals surface area contributed by atoms with Gasteiger partial charge in [0.2, 0.25) is 0 Å². The first-order valence-corrected chi connectivity index (χ1v) is 9.34. The molecule has 5 heteroatoms. The molecule has 1 unspecified atom stereocenters. The van der Waals surface area contributed by atoms with Gasteiger partial charge in [0.05, 0.1) is 6.61 Å². The van der Waals surface area contributed by atoms with Gasteiger partial charge in [0.25, 0.3) is 0 Å². The van der Waals surface area contributed by atoms with E-state index in [1.54, 1.807) is 0 Å². The molecule has 1 atom stereocenters. The van der Waals surface area contributed by atoms with E-state index >= 15 is 0 Å². The van der Waals surface area contributed by atoms with Crippen molar-refractivity contribution in [3.8, 4) is 0 Å². The van der Waals surface area contributed by atoms with Crippen LogP contribution in [0.5, 0.6) is 0 Å². The predicted octanol–water partition coefficient (Wildman–Crippen LogP) is 3.87. The summed E-state index contributed by atoms with van der Waals surface area (Å²) in [6.45, 7) is 8.90. The summed E-state index contributed by atoms with van der Waals surface area (Å²) in [5.41, 5.74) is 1.01. The van der Waals surface area contributed by atoms with Crippen LogP contribution in [-0.2, 0) is 4.74 Å². The minimum absolute atomic E-state index is 0.304. The molecule has 0 aromatic rings. The smallest absolute Gasteiger partial charge is 0.341 e. The number of ether oxygens (including phenoxy) is 1. The van der Waals surface area contributed by atoms with Crippen molar-refractivity contribution in [2.75, 3.05) is 13.2 Å². The Morgan fingerprint density at radius 1 is 1.46 bits per heavy atom. The van der Waals surface area contributed by atoms with Crippen molar-refractivity contribution < 1.29 is 4.74 Å². The van der Waals surface area contributed by atoms with Gasteiger partial charge >= 0.3 is 6.00 Å². The summed E-state index contributed by atoms with van der Waals surface area (Å²) in [5.74, 6) is 0.304. The Balaban J connectivity index is 3.52. The molecule has 0 aromatic heterocycles. The van der Waals surface area contributed by atoms with E-state index < -0.39 is 6.00 Å². The highest BCUT2D eigenvalue weighted by Gasteiger charge is 2.27. The second-order valence-corrected chi connectivity index (χ2v) is 12.6. The molecule has 0 aliphatic carbocycles. The molecule has 1 nitrogen and oxygen atoms in total. The molecule has 0 aliphatic heterocycles. The Kier molecular flexibility index (Phi) is 6.69. The maximum absolute atomic E-state index is 5.77. The second kappa shape index (κ2) is 6.30. The molecule has 0 aliphatic rings. The van der Waals surface area contributed by atoms with Gasteiger partial charge in [-0.25, -0.2) is 0 Å². The molecule has 0 rings (SSSR count). The Labute approximate surface area is 95.1 Å². The predicted molar refractivity (Wildman–Crippen MR) is 62.9 cm³/mol. The van der Waals surface area contributed by atoms with Gasteiger partial charge in [-0.1, -0.05) is 19.1 Å². The van der Waals surface area contributed by atoms with E-state index in [9.17, 15) is 0 Å². The molecular weight excluding hydrogens is 247 g/mol. The summed E-state index contributed by atoms with van der Waals surface area (Å²) < 4.78 is 5.35. The van der Waals surface area contributed by atoms with Crippen LogP contribution in [0, 0.1) is 5.92 Å². The van der Waals surface area contributed by atoms with Crippen LogP contribution in [0.4, 0.5) is 0 Å². The van der Waals surface area contributed by atoms with E-state index in [0.717, 1.165) is 5.57 Å². The van der Waals surface area contributed by atoms with Crippen molar-refractivity contribution in [3.05, 3.63) is 12.2 Å². The lowest BCUT2D eigenvalue weighted by atomic mass is 10.2. The van der Waals surface area contributed by atoms with Crippen molar-refractivity contribution in [1.29, 1.82) is 0 Å². The molecule has 78 valence electrons. The van der Waals surface area contributed by atoms with Crippen LogP contribution in [0.2, 0.25) is 6.04 Å². The van der Waals surface area contributed by atoms with E-state index in [-0.39, 0.29) is 0 Å². The fourth-order valence-electron chi connectivity index (χ4n) is 0.888. The largest absolute Gasteiger partial charge is 0.377 e. The lowest BCUT2D eigenvalue weighted by molar-refractivity contribution is 0.129. The molecule has 13 heavy (non-hydrogen) atoms. The zero-order chi connectivity index (χ0) is 10.5. The molecule has 0 radical (unpaired) electrons. The summed E-state index contributed by atoms with van der Waals surface area (Å²) in [7, 11) is 0. The molecule has 0 fully saturated rings. The Bertz CT molecular complexity index is 167. The third-order valence-electron chi connectivity index (χ3n) is 1.33. The SMILES string of the molecule is C=C(C)COCC(C)C[Si](Cl)(Cl)Cl. The summed E-state index contributed by atoms with van der Waals surface area (Å²) in [6.07, 6.45) is 0. The fraction of sp³-hybridized carbons (Fsp3) is 0.750. The molecule has 0 heterocycles. The third kappa shape index (κ3) is 10.7. The van der Waals surface area contributed by atoms with E-state index in [0.29, 0.717) is 25.2 Å². The summed E-state index contributed by atoms with van der Waals surface area (Å²) in [6, 6.07) is -1.84. The number of halogens is 3. The molecular formula is C8H15Cl3OSi. The average molecular weight is 262 g/mol. The van der Waals surface area contributed by atoms with Crippen LogP contribution < -0.4 is 0 Å². The topological polar surface area (TPSA) is 9.23 Å². The normalized spacial score (nSPS) is 14.2. The van der Waals surface area contributed by atoms with E-state index in [1.165, 1.54) is 0 Å². The molecule has 0 bridgehead atoms. The van der Waals surface area contributed by atoms with Gasteiger partial charge in [0.15, 0.2) is 0 Å². The highest BCUT2D eigenvalue weighted by molar-refractivity contribution is 7.64. The fourth-order valence-corrected chi connectivity index (χ4v) is 4.17. The van der Waals surface area contributed by atoms with Crippen molar-refractivity contribution in [3.63, 3.8) is 0 Å². The Morgan fingerprint density at radius 3 is 2.38 bits per heavy atom. The van der Waals surface area contributed by atoms with Crippen molar-refractivity contribution in [2.24, 2.45) is 5.92 Å². The highest BCUT2D eigenvalue weighted by atomic mass is 35.8. The Morgan fingerprint density at radius 2 is 2.00 bits per heavy atom. The van der Waals surface area contributed by atoms with Gasteiger partial charge in [-0.2, -0.15) is 0 Å².